The molecule has 0 aromatic carbocycles. The first-order valence-electron chi connectivity index (χ1n) is 13.5. The van der Waals surface area contributed by atoms with Crippen LogP contribution in [0, 0.1) is 13.8 Å². The Balaban J connectivity index is 1.55. The molecule has 0 aliphatic rings. The molecule has 22 heteroatoms. The van der Waals surface area contributed by atoms with Gasteiger partial charge < -0.3 is 21.1 Å². The molecular weight excluding hydrogens is 616 g/mol. The van der Waals surface area contributed by atoms with Gasteiger partial charge in [0.05, 0.1) is 36.5 Å². The van der Waals surface area contributed by atoms with Gasteiger partial charge in [-0.1, -0.05) is 0 Å². The first-order chi connectivity index (χ1) is 22.4. The summed E-state index contributed by atoms with van der Waals surface area (Å²) < 4.78 is 9.90. The number of aryl methyl sites for hydroxylation is 4. The van der Waals surface area contributed by atoms with E-state index in [2.05, 4.69) is 55.8 Å². The van der Waals surface area contributed by atoms with E-state index in [1.165, 1.54) is 38.2 Å². The zero-order chi connectivity index (χ0) is 34.2. The van der Waals surface area contributed by atoms with Crippen LogP contribution in [0.5, 0.6) is 0 Å². The number of nitrogens with two attached hydrogens (primary N) is 2. The van der Waals surface area contributed by atoms with Gasteiger partial charge in [-0.15, -0.1) is 20.5 Å². The number of azo groups is 2. The van der Waals surface area contributed by atoms with Gasteiger partial charge in [-0.3, -0.25) is 9.59 Å². The summed E-state index contributed by atoms with van der Waals surface area (Å²) in [6.07, 6.45) is 2.69. The van der Waals surface area contributed by atoms with Crippen molar-refractivity contribution in [3.8, 4) is 11.9 Å². The van der Waals surface area contributed by atoms with E-state index in [0.29, 0.717) is 11.4 Å². The summed E-state index contributed by atoms with van der Waals surface area (Å²) in [5, 5.41) is 33.6. The summed E-state index contributed by atoms with van der Waals surface area (Å²) >= 11 is 0. The van der Waals surface area contributed by atoms with E-state index in [1.54, 1.807) is 46.9 Å². The normalized spacial score (nSPS) is 11.6. The van der Waals surface area contributed by atoms with Gasteiger partial charge in [-0.2, -0.15) is 44.7 Å². The third kappa shape index (κ3) is 5.76. The first kappa shape index (κ1) is 31.7. The van der Waals surface area contributed by atoms with Crippen molar-refractivity contribution in [2.45, 2.75) is 13.8 Å². The molecule has 4 N–H and O–H groups in total. The Morgan fingerprint density at radius 2 is 1.28 bits per heavy atom. The fraction of sp³-hybridized carbons (Fsp3) is 0.280. The summed E-state index contributed by atoms with van der Waals surface area (Å²) in [6, 6.07) is 0. The molecule has 0 radical (unpaired) electrons. The maximum Gasteiger partial charge on any atom is 0.343 e. The molecule has 0 atom stereocenters. The highest BCUT2D eigenvalue weighted by atomic mass is 16.5. The van der Waals surface area contributed by atoms with Gasteiger partial charge in [-0.05, 0) is 13.8 Å². The highest BCUT2D eigenvalue weighted by Gasteiger charge is 2.23. The van der Waals surface area contributed by atoms with Crippen molar-refractivity contribution in [1.82, 2.24) is 54.1 Å². The van der Waals surface area contributed by atoms with Crippen LogP contribution in [0.2, 0.25) is 0 Å². The monoisotopic (exact) mass is 644 g/mol. The van der Waals surface area contributed by atoms with E-state index in [0.717, 1.165) is 0 Å². The zero-order valence-corrected chi connectivity index (χ0v) is 26.2. The second kappa shape index (κ2) is 12.3. The number of ketones is 1. The van der Waals surface area contributed by atoms with Crippen LogP contribution < -0.4 is 16.4 Å². The quantitative estimate of drug-likeness (QED) is 0.0717. The topological polar surface area (TPSA) is 275 Å². The molecule has 0 bridgehead atoms. The molecule has 5 aromatic heterocycles. The van der Waals surface area contributed by atoms with E-state index in [9.17, 15) is 14.4 Å². The first-order valence-corrected chi connectivity index (χ1v) is 13.5. The molecule has 0 amide bonds. The Hall–Kier alpha value is -6.74. The average Bonchev–Trinajstić information content (AvgIpc) is 3.77. The second-order valence-corrected chi connectivity index (χ2v) is 9.98. The molecule has 5 heterocycles. The number of esters is 1. The standard InChI is InChI=1S/C25H28N18O4/c1-11-16(33-35-20-13(15(45)10-44)8-28-40(20)5)18(26)42(37-11)24-30-23(39(3)4)31-25(32-24)43-19(27)17(12(2)38-43)34-36-21-14(22(46)47-7)9-29-41(21)6/h8-10H,26-27H2,1-7H3. The summed E-state index contributed by atoms with van der Waals surface area (Å²) in [4.78, 5) is 50.2. The van der Waals surface area contributed by atoms with Gasteiger partial charge >= 0.3 is 5.97 Å². The minimum Gasteiger partial charge on any atom is -0.465 e. The van der Waals surface area contributed by atoms with Gasteiger partial charge in [0, 0.05) is 28.2 Å². The van der Waals surface area contributed by atoms with E-state index < -0.39 is 11.8 Å². The number of nitrogens with zero attached hydrogens (tertiary/aromatic N) is 16. The van der Waals surface area contributed by atoms with Crippen LogP contribution in [0.1, 0.15) is 32.1 Å². The smallest absolute Gasteiger partial charge is 0.343 e. The molecule has 0 aliphatic heterocycles. The lowest BCUT2D eigenvalue weighted by Crippen LogP contribution is -2.19. The lowest BCUT2D eigenvalue weighted by molar-refractivity contribution is -0.104. The van der Waals surface area contributed by atoms with Crippen LogP contribution in [0.25, 0.3) is 11.9 Å². The zero-order valence-electron chi connectivity index (χ0n) is 26.2. The molecular formula is C25H28N18O4. The lowest BCUT2D eigenvalue weighted by atomic mass is 10.2. The Bertz CT molecular complexity index is 2100. The molecule has 242 valence electrons. The van der Waals surface area contributed by atoms with Gasteiger partial charge in [0.1, 0.15) is 5.56 Å². The molecule has 0 spiro atoms. The molecule has 0 saturated heterocycles. The minimum atomic E-state index is -0.804. The number of aromatic nitrogens is 11. The van der Waals surface area contributed by atoms with Crippen LogP contribution in [-0.2, 0) is 23.6 Å². The van der Waals surface area contributed by atoms with Crippen molar-refractivity contribution < 1.29 is 19.1 Å². The maximum atomic E-state index is 12.1. The van der Waals surface area contributed by atoms with Gasteiger partial charge in [0.2, 0.25) is 11.7 Å². The van der Waals surface area contributed by atoms with Gasteiger partial charge in [-0.25, -0.2) is 14.2 Å². The summed E-state index contributed by atoms with van der Waals surface area (Å²) in [7, 11) is 7.82. The third-order valence-corrected chi connectivity index (χ3v) is 6.59. The average molecular weight is 645 g/mol. The Labute approximate surface area is 264 Å². The number of carbonyl (C=O) groups is 3. The molecule has 47 heavy (non-hydrogen) atoms. The predicted octanol–water partition coefficient (Wildman–Crippen LogP) is 1.56. The number of methoxy groups -OCH3 is 1. The predicted molar refractivity (Wildman–Crippen MR) is 163 cm³/mol. The fourth-order valence-electron chi connectivity index (χ4n) is 4.14. The Kier molecular flexibility index (Phi) is 8.31. The second-order valence-electron chi connectivity index (χ2n) is 9.98. The van der Waals surface area contributed by atoms with Crippen LogP contribution in [-0.4, -0.2) is 93.3 Å². The molecule has 0 fully saturated rings. The SMILES string of the molecule is COC(=O)c1cnn(C)c1N=Nc1c(C)nn(-c2nc(N(C)C)nc(-n3nc(C)c(N=Nc4c(C(=O)C=O)cnn4C)c3N)n2)c1N. The van der Waals surface area contributed by atoms with Crippen LogP contribution in [0.15, 0.2) is 32.9 Å². The van der Waals surface area contributed by atoms with Crippen molar-refractivity contribution >= 4 is 58.6 Å². The van der Waals surface area contributed by atoms with E-state index in [-0.39, 0.29) is 69.9 Å². The largest absolute Gasteiger partial charge is 0.465 e. The number of nitrogen functional groups attached to an aromatic ring is 2. The fourth-order valence-corrected chi connectivity index (χ4v) is 4.14. The number of carbonyl (C=O) groups excluding carboxylic acids is 3. The van der Waals surface area contributed by atoms with E-state index >= 15 is 0 Å². The number of Topliss-reactive ketones (excluding diaryl/α,β-unsaturated/α-hetero) is 1. The minimum absolute atomic E-state index is 0.000774. The molecule has 5 rings (SSSR count). The highest BCUT2D eigenvalue weighted by Crippen LogP contribution is 2.33. The summed E-state index contributed by atoms with van der Waals surface area (Å²) in [5.74, 6) is -0.995. The summed E-state index contributed by atoms with van der Waals surface area (Å²) in [6.45, 7) is 3.29. The lowest BCUT2D eigenvalue weighted by Gasteiger charge is -2.13. The van der Waals surface area contributed by atoms with Crippen molar-refractivity contribution in [3.63, 3.8) is 0 Å². The molecule has 0 saturated carbocycles. The maximum absolute atomic E-state index is 12.1. The van der Waals surface area contributed by atoms with Crippen molar-refractivity contribution in [2.75, 3.05) is 37.6 Å². The van der Waals surface area contributed by atoms with E-state index in [4.69, 9.17) is 16.2 Å². The number of aldehydes is 1. The number of hydrogen-bond donors (Lipinski definition) is 2. The molecule has 5 aromatic rings. The number of anilines is 3. The molecule has 0 unspecified atom stereocenters. The van der Waals surface area contributed by atoms with Crippen LogP contribution in [0.3, 0.4) is 0 Å². The van der Waals surface area contributed by atoms with Crippen LogP contribution >= 0.6 is 0 Å². The Morgan fingerprint density at radius 1 is 0.809 bits per heavy atom. The molecule has 0 aliphatic carbocycles. The Morgan fingerprint density at radius 3 is 1.72 bits per heavy atom. The number of ether oxygens (including phenoxy) is 1. The van der Waals surface area contributed by atoms with Crippen molar-refractivity contribution in [3.05, 3.63) is 34.9 Å². The van der Waals surface area contributed by atoms with Gasteiger partial charge in [0.25, 0.3) is 11.9 Å². The van der Waals surface area contributed by atoms with Crippen molar-refractivity contribution in [1.29, 1.82) is 0 Å². The van der Waals surface area contributed by atoms with Crippen molar-refractivity contribution in [2.24, 2.45) is 34.6 Å². The molecule has 22 nitrogen and oxygen atoms in total. The van der Waals surface area contributed by atoms with Crippen LogP contribution in [0.4, 0.5) is 40.6 Å². The summed E-state index contributed by atoms with van der Waals surface area (Å²) in [5.41, 5.74) is 14.0. The van der Waals surface area contributed by atoms with Gasteiger partial charge in [0.15, 0.2) is 40.9 Å². The van der Waals surface area contributed by atoms with E-state index in [1.807, 2.05) is 0 Å². The number of hydrogen-bond acceptors (Lipinski definition) is 18. The highest BCUT2D eigenvalue weighted by molar-refractivity contribution is 6.34. The third-order valence-electron chi connectivity index (χ3n) is 6.59. The number of rotatable bonds is 10.